The van der Waals surface area contributed by atoms with Crippen LogP contribution in [0.15, 0.2) is 42.9 Å². The first-order chi connectivity index (χ1) is 16.4. The van der Waals surface area contributed by atoms with Gasteiger partial charge in [-0.2, -0.15) is 5.10 Å². The van der Waals surface area contributed by atoms with Crippen LogP contribution in [-0.4, -0.2) is 63.3 Å². The molecule has 1 amide bonds. The van der Waals surface area contributed by atoms with Crippen molar-refractivity contribution in [1.29, 1.82) is 0 Å². The lowest BCUT2D eigenvalue weighted by Gasteiger charge is -2.36. The van der Waals surface area contributed by atoms with E-state index in [0.717, 1.165) is 27.8 Å². The number of pyridine rings is 1. The van der Waals surface area contributed by atoms with Crippen molar-refractivity contribution in [3.63, 3.8) is 0 Å². The maximum atomic E-state index is 12.6. The molecule has 1 aliphatic heterocycles. The van der Waals surface area contributed by atoms with Crippen molar-refractivity contribution >= 4 is 17.0 Å². The Morgan fingerprint density at radius 3 is 2.63 bits per heavy atom. The predicted molar refractivity (Wildman–Crippen MR) is 136 cm³/mol. The monoisotopic (exact) mass is 480 g/mol. The lowest BCUT2D eigenvalue weighted by molar-refractivity contribution is -0.0775. The summed E-state index contributed by atoms with van der Waals surface area (Å²) < 4.78 is 19.9. The molecule has 35 heavy (non-hydrogen) atoms. The molecule has 3 aromatic rings. The van der Waals surface area contributed by atoms with Crippen molar-refractivity contribution in [3.05, 3.63) is 42.9 Å². The van der Waals surface area contributed by atoms with Gasteiger partial charge in [-0.25, -0.2) is 4.79 Å². The molecule has 8 nitrogen and oxygen atoms in total. The Balaban J connectivity index is 1.57. The van der Waals surface area contributed by atoms with Gasteiger partial charge in [-0.1, -0.05) is 0 Å². The molecular weight excluding hydrogens is 444 g/mol. The molecule has 0 aliphatic carbocycles. The summed E-state index contributed by atoms with van der Waals surface area (Å²) in [6, 6.07) is 7.98. The molecule has 0 spiro atoms. The molecule has 2 atom stereocenters. The van der Waals surface area contributed by atoms with Gasteiger partial charge >= 0.3 is 6.09 Å². The van der Waals surface area contributed by atoms with E-state index in [2.05, 4.69) is 36.9 Å². The van der Waals surface area contributed by atoms with Gasteiger partial charge in [0.15, 0.2) is 0 Å². The van der Waals surface area contributed by atoms with E-state index in [1.54, 1.807) is 11.1 Å². The lowest BCUT2D eigenvalue weighted by Crippen LogP contribution is -2.51. The average Bonchev–Trinajstić information content (AvgIpc) is 3.29. The highest BCUT2D eigenvalue weighted by atomic mass is 16.6. The molecule has 0 unspecified atom stereocenters. The number of carbonyl (C=O) groups excluding carboxylic acids is 1. The van der Waals surface area contributed by atoms with Crippen molar-refractivity contribution < 1.29 is 19.0 Å². The second-order valence-corrected chi connectivity index (χ2v) is 11.0. The number of amides is 1. The molecule has 1 saturated heterocycles. The first kappa shape index (κ1) is 25.0. The third kappa shape index (κ3) is 5.93. The van der Waals surface area contributed by atoms with Crippen molar-refractivity contribution in [1.82, 2.24) is 19.7 Å². The van der Waals surface area contributed by atoms with Crippen LogP contribution in [0.25, 0.3) is 22.0 Å². The minimum absolute atomic E-state index is 0.112. The highest BCUT2D eigenvalue weighted by Gasteiger charge is 2.32. The van der Waals surface area contributed by atoms with E-state index in [4.69, 9.17) is 14.2 Å². The fraction of sp³-hybridized carbons (Fsp3) is 0.519. The summed E-state index contributed by atoms with van der Waals surface area (Å²) in [5.74, 6) is 0.722. The van der Waals surface area contributed by atoms with Crippen LogP contribution in [0.1, 0.15) is 48.5 Å². The Morgan fingerprint density at radius 1 is 1.17 bits per heavy atom. The van der Waals surface area contributed by atoms with E-state index < -0.39 is 5.60 Å². The molecular formula is C27H36N4O4. The van der Waals surface area contributed by atoms with Gasteiger partial charge in [-0.15, -0.1) is 0 Å². The highest BCUT2D eigenvalue weighted by Crippen LogP contribution is 2.33. The van der Waals surface area contributed by atoms with Crippen molar-refractivity contribution in [2.75, 3.05) is 19.7 Å². The molecule has 3 heterocycles. The van der Waals surface area contributed by atoms with Crippen LogP contribution < -0.4 is 4.74 Å². The summed E-state index contributed by atoms with van der Waals surface area (Å²) in [7, 11) is 0. The maximum Gasteiger partial charge on any atom is 0.410 e. The fourth-order valence-electron chi connectivity index (χ4n) is 3.98. The SMILES string of the molecule is C[C@@H](Oc1cc(-c2cnn(C(C)(C)C)c2)cc2ncccc12)[C@@H]1CN(C(=O)OC(C)(C)C)CCO1. The average molecular weight is 481 g/mol. The van der Waals surface area contributed by atoms with E-state index in [-0.39, 0.29) is 23.8 Å². The van der Waals surface area contributed by atoms with E-state index in [1.165, 1.54) is 0 Å². The second-order valence-electron chi connectivity index (χ2n) is 11.0. The predicted octanol–water partition coefficient (Wildman–Crippen LogP) is 5.26. The molecule has 2 aromatic heterocycles. The van der Waals surface area contributed by atoms with E-state index >= 15 is 0 Å². The van der Waals surface area contributed by atoms with Crippen LogP contribution >= 0.6 is 0 Å². The van der Waals surface area contributed by atoms with Crippen molar-refractivity contribution in [3.8, 4) is 16.9 Å². The number of rotatable bonds is 4. The van der Waals surface area contributed by atoms with Gasteiger partial charge < -0.3 is 19.1 Å². The number of benzene rings is 1. The zero-order valence-corrected chi connectivity index (χ0v) is 21.7. The number of aromatic nitrogens is 3. The Kier molecular flexibility index (Phi) is 6.77. The third-order valence-electron chi connectivity index (χ3n) is 5.87. The molecule has 0 saturated carbocycles. The molecule has 1 aromatic carbocycles. The zero-order chi connectivity index (χ0) is 25.4. The number of ether oxygens (including phenoxy) is 3. The summed E-state index contributed by atoms with van der Waals surface area (Å²) in [6.45, 7) is 15.3. The van der Waals surface area contributed by atoms with E-state index in [1.807, 2.05) is 63.0 Å². The van der Waals surface area contributed by atoms with Crippen LogP contribution in [0.2, 0.25) is 0 Å². The summed E-state index contributed by atoms with van der Waals surface area (Å²) in [6.07, 6.45) is 4.78. The number of hydrogen-bond acceptors (Lipinski definition) is 6. The molecule has 4 rings (SSSR count). The van der Waals surface area contributed by atoms with Crippen LogP contribution in [0.5, 0.6) is 5.75 Å². The van der Waals surface area contributed by atoms with E-state index in [9.17, 15) is 4.79 Å². The van der Waals surface area contributed by atoms with Crippen molar-refractivity contribution in [2.45, 2.75) is 71.8 Å². The van der Waals surface area contributed by atoms with E-state index in [0.29, 0.717) is 19.7 Å². The Hall–Kier alpha value is -3.13. The van der Waals surface area contributed by atoms with Gasteiger partial charge in [0, 0.05) is 29.9 Å². The molecule has 1 fully saturated rings. The summed E-state index contributed by atoms with van der Waals surface area (Å²) >= 11 is 0. The largest absolute Gasteiger partial charge is 0.487 e. The van der Waals surface area contributed by atoms with Crippen LogP contribution in [-0.2, 0) is 15.0 Å². The normalized spacial score (nSPS) is 17.9. The number of hydrogen-bond donors (Lipinski definition) is 0. The van der Waals surface area contributed by atoms with Crippen molar-refractivity contribution in [2.24, 2.45) is 0 Å². The summed E-state index contributed by atoms with van der Waals surface area (Å²) in [5, 5.41) is 5.47. The summed E-state index contributed by atoms with van der Waals surface area (Å²) in [4.78, 5) is 18.8. The Labute approximate surface area is 207 Å². The smallest absolute Gasteiger partial charge is 0.410 e. The Morgan fingerprint density at radius 2 is 1.94 bits per heavy atom. The van der Waals surface area contributed by atoms with Gasteiger partial charge in [0.2, 0.25) is 0 Å². The molecule has 0 N–H and O–H groups in total. The lowest BCUT2D eigenvalue weighted by atomic mass is 10.0. The number of morpholine rings is 1. The van der Waals surface area contributed by atoms with Gasteiger partial charge in [0.25, 0.3) is 0 Å². The van der Waals surface area contributed by atoms with Crippen LogP contribution in [0.3, 0.4) is 0 Å². The van der Waals surface area contributed by atoms with Gasteiger partial charge in [0.05, 0.1) is 30.4 Å². The first-order valence-corrected chi connectivity index (χ1v) is 12.1. The number of fused-ring (bicyclic) bond motifs is 1. The van der Waals surface area contributed by atoms with Gasteiger partial charge in [0.1, 0.15) is 23.6 Å². The second kappa shape index (κ2) is 9.49. The molecule has 1 aliphatic rings. The fourth-order valence-corrected chi connectivity index (χ4v) is 3.98. The highest BCUT2D eigenvalue weighted by molar-refractivity contribution is 5.89. The minimum atomic E-state index is -0.542. The molecule has 188 valence electrons. The quantitative estimate of drug-likeness (QED) is 0.507. The Bertz CT molecular complexity index is 1190. The molecule has 0 bridgehead atoms. The zero-order valence-electron chi connectivity index (χ0n) is 21.7. The number of carbonyl (C=O) groups is 1. The van der Waals surface area contributed by atoms with Gasteiger partial charge in [-0.3, -0.25) is 9.67 Å². The minimum Gasteiger partial charge on any atom is -0.487 e. The van der Waals surface area contributed by atoms with Crippen LogP contribution in [0, 0.1) is 0 Å². The molecule has 8 heteroatoms. The van der Waals surface area contributed by atoms with Gasteiger partial charge in [-0.05, 0) is 78.3 Å². The van der Waals surface area contributed by atoms with Crippen LogP contribution in [0.4, 0.5) is 4.79 Å². The standard InChI is InChI=1S/C27H36N4O4/c1-18(24-17-30(11-12-33-24)25(32)35-27(5,6)7)34-23-14-19(13-22-21(23)9-8-10-28-22)20-15-29-31(16-20)26(2,3)4/h8-10,13-16,18,24H,11-12,17H2,1-7H3/t18-,24+/m1/s1. The molecule has 0 radical (unpaired) electrons. The summed E-state index contributed by atoms with van der Waals surface area (Å²) in [5.41, 5.74) is 2.17. The maximum absolute atomic E-state index is 12.6. The first-order valence-electron chi connectivity index (χ1n) is 12.1. The third-order valence-corrected chi connectivity index (χ3v) is 5.87. The topological polar surface area (TPSA) is 78.7 Å². The number of nitrogens with zero attached hydrogens (tertiary/aromatic N) is 4.